The Morgan fingerprint density at radius 3 is 2.50 bits per heavy atom. The summed E-state index contributed by atoms with van der Waals surface area (Å²) in [7, 11) is 0. The van der Waals surface area contributed by atoms with Crippen molar-refractivity contribution < 1.29 is 13.2 Å². The lowest BCUT2D eigenvalue weighted by Crippen LogP contribution is -2.33. The van der Waals surface area contributed by atoms with Gasteiger partial charge in [0.15, 0.2) is 6.04 Å². The predicted molar refractivity (Wildman–Crippen MR) is 34.2 cm³/mol. The van der Waals surface area contributed by atoms with E-state index in [1.165, 1.54) is 6.20 Å². The maximum absolute atomic E-state index is 12.1. The van der Waals surface area contributed by atoms with E-state index in [4.69, 9.17) is 5.73 Å². The molecule has 0 fully saturated rings. The molecule has 0 bridgehead atoms. The van der Waals surface area contributed by atoms with E-state index < -0.39 is 18.8 Å². The third-order valence-corrected chi connectivity index (χ3v) is 1.36. The first-order valence-electron chi connectivity index (χ1n) is 3.18. The topological polar surface area (TPSA) is 56.7 Å². The predicted octanol–water partition coefficient (Wildman–Crippen LogP) is 0.340. The minimum absolute atomic E-state index is 0.535. The molecule has 0 saturated carbocycles. The van der Waals surface area contributed by atoms with Gasteiger partial charge >= 0.3 is 6.18 Å². The van der Waals surface area contributed by atoms with Gasteiger partial charge in [-0.3, -0.25) is 0 Å². The first-order valence-corrected chi connectivity index (χ1v) is 3.18. The van der Waals surface area contributed by atoms with Crippen LogP contribution in [-0.4, -0.2) is 27.7 Å². The summed E-state index contributed by atoms with van der Waals surface area (Å²) in [4.78, 5) is 0. The maximum atomic E-state index is 12.1. The second-order valence-corrected chi connectivity index (χ2v) is 2.18. The van der Waals surface area contributed by atoms with Gasteiger partial charge < -0.3 is 5.73 Å². The summed E-state index contributed by atoms with van der Waals surface area (Å²) in [5.74, 6) is 0. The van der Waals surface area contributed by atoms with Crippen molar-refractivity contribution in [2.75, 3.05) is 6.54 Å². The van der Waals surface area contributed by atoms with Crippen LogP contribution in [0.5, 0.6) is 0 Å². The highest BCUT2D eigenvalue weighted by Crippen LogP contribution is 2.28. The molecule has 2 N–H and O–H groups in total. The van der Waals surface area contributed by atoms with Gasteiger partial charge in [-0.05, 0) is 0 Å². The average molecular weight is 180 g/mol. The van der Waals surface area contributed by atoms with Crippen molar-refractivity contribution in [3.05, 3.63) is 12.4 Å². The molecular weight excluding hydrogens is 173 g/mol. The van der Waals surface area contributed by atoms with Crippen molar-refractivity contribution in [3.8, 4) is 0 Å². The fraction of sp³-hybridized carbons (Fsp3) is 0.600. The SMILES string of the molecule is NC[C@H](n1ccnn1)C(F)(F)F. The largest absolute Gasteiger partial charge is 0.412 e. The summed E-state index contributed by atoms with van der Waals surface area (Å²) in [5.41, 5.74) is 4.94. The smallest absolute Gasteiger partial charge is 0.328 e. The van der Waals surface area contributed by atoms with E-state index >= 15 is 0 Å². The van der Waals surface area contributed by atoms with E-state index in [1.807, 2.05) is 0 Å². The van der Waals surface area contributed by atoms with Crippen molar-refractivity contribution in [1.82, 2.24) is 15.0 Å². The van der Waals surface area contributed by atoms with E-state index in [0.717, 1.165) is 6.20 Å². The molecule has 0 aliphatic carbocycles. The highest BCUT2D eigenvalue weighted by molar-refractivity contribution is 4.78. The molecule has 0 aliphatic rings. The summed E-state index contributed by atoms with van der Waals surface area (Å²) in [6.07, 6.45) is -2.07. The van der Waals surface area contributed by atoms with Crippen LogP contribution in [0.25, 0.3) is 0 Å². The lowest BCUT2D eigenvalue weighted by molar-refractivity contribution is -0.167. The molecule has 1 rings (SSSR count). The zero-order valence-corrected chi connectivity index (χ0v) is 5.99. The molecule has 0 saturated heterocycles. The minimum atomic E-state index is -4.37. The third kappa shape index (κ3) is 1.73. The van der Waals surface area contributed by atoms with Crippen molar-refractivity contribution >= 4 is 0 Å². The molecule has 0 aliphatic heterocycles. The van der Waals surface area contributed by atoms with Gasteiger partial charge in [0.1, 0.15) is 0 Å². The van der Waals surface area contributed by atoms with Crippen LogP contribution in [0.1, 0.15) is 6.04 Å². The van der Waals surface area contributed by atoms with Crippen LogP contribution in [-0.2, 0) is 0 Å². The van der Waals surface area contributed by atoms with E-state index in [-0.39, 0.29) is 0 Å². The monoisotopic (exact) mass is 180 g/mol. The van der Waals surface area contributed by atoms with Crippen LogP contribution in [0.15, 0.2) is 12.4 Å². The highest BCUT2D eigenvalue weighted by atomic mass is 19.4. The molecule has 4 nitrogen and oxygen atoms in total. The molecule has 1 aromatic rings. The van der Waals surface area contributed by atoms with Crippen LogP contribution >= 0.6 is 0 Å². The molecule has 7 heteroatoms. The number of nitrogens with two attached hydrogens (primary N) is 1. The second-order valence-electron chi connectivity index (χ2n) is 2.18. The van der Waals surface area contributed by atoms with Crippen LogP contribution in [0, 0.1) is 0 Å². The van der Waals surface area contributed by atoms with Gasteiger partial charge in [-0.1, -0.05) is 5.21 Å². The molecule has 68 valence electrons. The lowest BCUT2D eigenvalue weighted by atomic mass is 10.3. The van der Waals surface area contributed by atoms with Gasteiger partial charge in [-0.2, -0.15) is 13.2 Å². The summed E-state index contributed by atoms with van der Waals surface area (Å²) in [6.45, 7) is -0.535. The van der Waals surface area contributed by atoms with Gasteiger partial charge in [-0.25, -0.2) is 4.68 Å². The number of hydrogen-bond donors (Lipinski definition) is 1. The number of alkyl halides is 3. The molecule has 0 unspecified atom stereocenters. The Bertz CT molecular complexity index is 229. The van der Waals surface area contributed by atoms with Crippen LogP contribution in [0.2, 0.25) is 0 Å². The van der Waals surface area contributed by atoms with E-state index in [0.29, 0.717) is 4.68 Å². The molecular formula is C5H7F3N4. The Kier molecular flexibility index (Phi) is 2.32. The standard InChI is InChI=1S/C5H7F3N4/c6-5(7,8)4(3-9)12-2-1-10-11-12/h1-2,4H,3,9H2/t4-/m0/s1. The summed E-state index contributed by atoms with van der Waals surface area (Å²) >= 11 is 0. The number of nitrogens with zero attached hydrogens (tertiary/aromatic N) is 3. The zero-order valence-electron chi connectivity index (χ0n) is 5.99. The molecule has 0 aromatic carbocycles. The van der Waals surface area contributed by atoms with E-state index in [2.05, 4.69) is 10.3 Å². The fourth-order valence-electron chi connectivity index (χ4n) is 0.775. The fourth-order valence-corrected chi connectivity index (χ4v) is 0.775. The van der Waals surface area contributed by atoms with Crippen LogP contribution < -0.4 is 5.73 Å². The van der Waals surface area contributed by atoms with Gasteiger partial charge in [0.05, 0.1) is 6.20 Å². The average Bonchev–Trinajstić information content (AvgIpc) is 2.38. The van der Waals surface area contributed by atoms with Crippen LogP contribution in [0.3, 0.4) is 0 Å². The Labute approximate surface area is 66.2 Å². The number of aromatic nitrogens is 3. The van der Waals surface area contributed by atoms with Gasteiger partial charge in [0, 0.05) is 12.7 Å². The lowest BCUT2D eigenvalue weighted by Gasteiger charge is -2.17. The second kappa shape index (κ2) is 3.10. The van der Waals surface area contributed by atoms with Crippen molar-refractivity contribution in [3.63, 3.8) is 0 Å². The molecule has 0 spiro atoms. The number of halogens is 3. The Hall–Kier alpha value is -1.11. The van der Waals surface area contributed by atoms with Gasteiger partial charge in [0.2, 0.25) is 0 Å². The Morgan fingerprint density at radius 2 is 2.17 bits per heavy atom. The number of hydrogen-bond acceptors (Lipinski definition) is 3. The minimum Gasteiger partial charge on any atom is -0.328 e. The van der Waals surface area contributed by atoms with Crippen LogP contribution in [0.4, 0.5) is 13.2 Å². The maximum Gasteiger partial charge on any atom is 0.412 e. The highest BCUT2D eigenvalue weighted by Gasteiger charge is 2.40. The zero-order chi connectivity index (χ0) is 9.19. The Balaban J connectivity index is 2.84. The van der Waals surface area contributed by atoms with Gasteiger partial charge in [-0.15, -0.1) is 5.10 Å². The normalized spacial score (nSPS) is 14.7. The van der Waals surface area contributed by atoms with Crippen molar-refractivity contribution in [2.45, 2.75) is 12.2 Å². The van der Waals surface area contributed by atoms with E-state index in [1.54, 1.807) is 0 Å². The summed E-state index contributed by atoms with van der Waals surface area (Å²) in [5, 5.41) is 6.48. The molecule has 1 aromatic heterocycles. The first kappa shape index (κ1) is 8.98. The van der Waals surface area contributed by atoms with Crippen molar-refractivity contribution in [1.29, 1.82) is 0 Å². The first-order chi connectivity index (χ1) is 5.55. The molecule has 1 heterocycles. The quantitative estimate of drug-likeness (QED) is 0.713. The molecule has 0 radical (unpaired) electrons. The molecule has 1 atom stereocenters. The summed E-state index contributed by atoms with van der Waals surface area (Å²) in [6, 6.07) is -1.78. The third-order valence-electron chi connectivity index (χ3n) is 1.36. The van der Waals surface area contributed by atoms with Gasteiger partial charge in [0.25, 0.3) is 0 Å². The molecule has 0 amide bonds. The molecule has 12 heavy (non-hydrogen) atoms. The number of rotatable bonds is 2. The van der Waals surface area contributed by atoms with E-state index in [9.17, 15) is 13.2 Å². The van der Waals surface area contributed by atoms with Crippen molar-refractivity contribution in [2.24, 2.45) is 5.73 Å². The Morgan fingerprint density at radius 1 is 1.50 bits per heavy atom. The summed E-state index contributed by atoms with van der Waals surface area (Å²) < 4.78 is 37.0.